The van der Waals surface area contributed by atoms with E-state index in [2.05, 4.69) is 24.8 Å². The molecule has 5 rings (SSSR count). The Kier molecular flexibility index (Phi) is 4.25. The van der Waals surface area contributed by atoms with Gasteiger partial charge in [0.05, 0.1) is 16.6 Å². The van der Waals surface area contributed by atoms with Crippen LogP contribution in [0.5, 0.6) is 0 Å². The maximum Gasteiger partial charge on any atom is 0.258 e. The number of nitrogens with zero attached hydrogens (tertiary/aromatic N) is 6. The molecule has 0 radical (unpaired) electrons. The molecule has 0 saturated carbocycles. The molecule has 1 aliphatic rings. The average Bonchev–Trinajstić information content (AvgIpc) is 3.18. The van der Waals surface area contributed by atoms with Crippen LogP contribution in [0, 0.1) is 5.82 Å². The predicted molar refractivity (Wildman–Crippen MR) is 106 cm³/mol. The summed E-state index contributed by atoms with van der Waals surface area (Å²) in [6.07, 6.45) is 3.22. The molecule has 4 aromatic rings. The molecule has 142 valence electrons. The van der Waals surface area contributed by atoms with Gasteiger partial charge in [0.15, 0.2) is 4.96 Å². The monoisotopic (exact) mass is 396 g/mol. The van der Waals surface area contributed by atoms with Gasteiger partial charge in [-0.25, -0.2) is 19.3 Å². The quantitative estimate of drug-likeness (QED) is 0.529. The van der Waals surface area contributed by atoms with E-state index in [4.69, 9.17) is 0 Å². The maximum atomic E-state index is 14.3. The molecule has 1 aliphatic heterocycles. The second kappa shape index (κ2) is 6.92. The smallest absolute Gasteiger partial charge is 0.258 e. The number of halogens is 1. The number of aromatic nitrogens is 4. The zero-order valence-corrected chi connectivity index (χ0v) is 15.8. The lowest BCUT2D eigenvalue weighted by Crippen LogP contribution is -2.46. The Bertz CT molecular complexity index is 1210. The molecule has 0 bridgehead atoms. The molecular weight excluding hydrogens is 379 g/mol. The predicted octanol–water partition coefficient (Wildman–Crippen LogP) is 2.16. The standard InChI is InChI=1S/C19H17FN6OS/c20-14-2-1-3-15-17(14)18(22-12-21-15)25-6-4-24(5-7-25)11-13-10-16(27)26-8-9-28-19(26)23-13/h1-3,8-10,12H,4-7,11H2. The van der Waals surface area contributed by atoms with Crippen LogP contribution in [0.2, 0.25) is 0 Å². The van der Waals surface area contributed by atoms with E-state index in [9.17, 15) is 9.18 Å². The van der Waals surface area contributed by atoms with Crippen LogP contribution in [0.25, 0.3) is 15.9 Å². The highest BCUT2D eigenvalue weighted by Crippen LogP contribution is 2.26. The molecule has 0 amide bonds. The number of piperazine rings is 1. The molecule has 1 aromatic carbocycles. The molecule has 28 heavy (non-hydrogen) atoms. The van der Waals surface area contributed by atoms with Gasteiger partial charge in [-0.15, -0.1) is 11.3 Å². The molecule has 1 fully saturated rings. The minimum Gasteiger partial charge on any atom is -0.353 e. The number of fused-ring (bicyclic) bond motifs is 2. The second-order valence-corrected chi connectivity index (χ2v) is 7.61. The van der Waals surface area contributed by atoms with Crippen LogP contribution in [-0.4, -0.2) is 50.4 Å². The zero-order chi connectivity index (χ0) is 19.1. The van der Waals surface area contributed by atoms with Crippen LogP contribution in [0.4, 0.5) is 10.2 Å². The SMILES string of the molecule is O=c1cc(CN2CCN(c3ncnc4cccc(F)c34)CC2)nc2sccn12. The topological polar surface area (TPSA) is 66.6 Å². The Hall–Kier alpha value is -2.91. The molecule has 0 unspecified atom stereocenters. The van der Waals surface area contributed by atoms with Crippen molar-refractivity contribution in [2.45, 2.75) is 6.54 Å². The van der Waals surface area contributed by atoms with Gasteiger partial charge >= 0.3 is 0 Å². The van der Waals surface area contributed by atoms with Gasteiger partial charge in [-0.3, -0.25) is 14.1 Å². The van der Waals surface area contributed by atoms with Crippen molar-refractivity contribution in [2.24, 2.45) is 0 Å². The van der Waals surface area contributed by atoms with Crippen molar-refractivity contribution in [2.75, 3.05) is 31.1 Å². The van der Waals surface area contributed by atoms with Gasteiger partial charge in [0.25, 0.3) is 5.56 Å². The first-order valence-corrected chi connectivity index (χ1v) is 9.89. The van der Waals surface area contributed by atoms with Crippen LogP contribution < -0.4 is 10.5 Å². The largest absolute Gasteiger partial charge is 0.353 e. The van der Waals surface area contributed by atoms with Crippen molar-refractivity contribution >= 4 is 33.0 Å². The summed E-state index contributed by atoms with van der Waals surface area (Å²) in [7, 11) is 0. The summed E-state index contributed by atoms with van der Waals surface area (Å²) in [4.78, 5) is 30.3. The number of hydrogen-bond acceptors (Lipinski definition) is 7. The van der Waals surface area contributed by atoms with Gasteiger partial charge in [0, 0.05) is 50.4 Å². The van der Waals surface area contributed by atoms with Crippen LogP contribution >= 0.6 is 11.3 Å². The van der Waals surface area contributed by atoms with Gasteiger partial charge < -0.3 is 4.90 Å². The third kappa shape index (κ3) is 3.02. The van der Waals surface area contributed by atoms with Crippen LogP contribution in [0.15, 0.2) is 47.0 Å². The third-order valence-electron chi connectivity index (χ3n) is 5.01. The summed E-state index contributed by atoms with van der Waals surface area (Å²) < 4.78 is 15.9. The molecule has 0 atom stereocenters. The van der Waals surface area contributed by atoms with E-state index in [1.165, 1.54) is 23.7 Å². The van der Waals surface area contributed by atoms with E-state index in [0.717, 1.165) is 31.9 Å². The Morgan fingerprint density at radius 1 is 1.14 bits per heavy atom. The molecule has 4 heterocycles. The summed E-state index contributed by atoms with van der Waals surface area (Å²) in [6.45, 7) is 3.63. The first kappa shape index (κ1) is 17.2. The highest BCUT2D eigenvalue weighted by Gasteiger charge is 2.22. The first-order valence-electron chi connectivity index (χ1n) is 9.01. The van der Waals surface area contributed by atoms with Gasteiger partial charge in [0.1, 0.15) is 18.0 Å². The van der Waals surface area contributed by atoms with Gasteiger partial charge in [-0.05, 0) is 12.1 Å². The lowest BCUT2D eigenvalue weighted by molar-refractivity contribution is 0.247. The Balaban J connectivity index is 1.33. The number of thiazole rings is 1. The fraction of sp³-hybridized carbons (Fsp3) is 0.263. The van der Waals surface area contributed by atoms with E-state index in [0.29, 0.717) is 28.2 Å². The van der Waals surface area contributed by atoms with Crippen molar-refractivity contribution < 1.29 is 4.39 Å². The zero-order valence-electron chi connectivity index (χ0n) is 15.0. The molecule has 1 saturated heterocycles. The van der Waals surface area contributed by atoms with Crippen molar-refractivity contribution in [1.82, 2.24) is 24.3 Å². The average molecular weight is 396 g/mol. The van der Waals surface area contributed by atoms with Crippen molar-refractivity contribution in [3.8, 4) is 0 Å². The third-order valence-corrected chi connectivity index (χ3v) is 5.76. The Labute approximate surface area is 163 Å². The van der Waals surface area contributed by atoms with E-state index in [1.54, 1.807) is 28.8 Å². The maximum absolute atomic E-state index is 14.3. The van der Waals surface area contributed by atoms with Gasteiger partial charge in [0.2, 0.25) is 0 Å². The summed E-state index contributed by atoms with van der Waals surface area (Å²) in [5, 5.41) is 2.33. The summed E-state index contributed by atoms with van der Waals surface area (Å²) in [5.41, 5.74) is 1.34. The molecule has 0 spiro atoms. The van der Waals surface area contributed by atoms with E-state index >= 15 is 0 Å². The Morgan fingerprint density at radius 2 is 2.00 bits per heavy atom. The van der Waals surface area contributed by atoms with E-state index in [1.807, 2.05) is 5.38 Å². The fourth-order valence-electron chi connectivity index (χ4n) is 3.61. The van der Waals surface area contributed by atoms with Crippen molar-refractivity contribution in [3.05, 3.63) is 64.0 Å². The highest BCUT2D eigenvalue weighted by atomic mass is 32.1. The van der Waals surface area contributed by atoms with Crippen molar-refractivity contribution in [3.63, 3.8) is 0 Å². The summed E-state index contributed by atoms with van der Waals surface area (Å²) >= 11 is 1.45. The van der Waals surface area contributed by atoms with Crippen molar-refractivity contribution in [1.29, 1.82) is 0 Å². The molecular formula is C19H17FN6OS. The summed E-state index contributed by atoms with van der Waals surface area (Å²) in [5.74, 6) is 0.337. The van der Waals surface area contributed by atoms with Gasteiger partial charge in [-0.1, -0.05) is 6.07 Å². The lowest BCUT2D eigenvalue weighted by atomic mass is 10.2. The van der Waals surface area contributed by atoms with Crippen LogP contribution in [0.1, 0.15) is 5.69 Å². The molecule has 9 heteroatoms. The molecule has 0 N–H and O–H groups in total. The molecule has 3 aromatic heterocycles. The molecule has 0 aliphatic carbocycles. The second-order valence-electron chi connectivity index (χ2n) is 6.74. The van der Waals surface area contributed by atoms with Crippen LogP contribution in [0.3, 0.4) is 0 Å². The molecule has 7 nitrogen and oxygen atoms in total. The fourth-order valence-corrected chi connectivity index (χ4v) is 4.35. The van der Waals surface area contributed by atoms with E-state index in [-0.39, 0.29) is 11.4 Å². The Morgan fingerprint density at radius 3 is 2.86 bits per heavy atom. The number of hydrogen-bond donors (Lipinski definition) is 0. The lowest BCUT2D eigenvalue weighted by Gasteiger charge is -2.35. The minimum absolute atomic E-state index is 0.0529. The van der Waals surface area contributed by atoms with Gasteiger partial charge in [-0.2, -0.15) is 0 Å². The number of benzene rings is 1. The van der Waals surface area contributed by atoms with E-state index < -0.39 is 0 Å². The normalized spacial score (nSPS) is 15.5. The van der Waals surface area contributed by atoms with Crippen LogP contribution in [-0.2, 0) is 6.54 Å². The number of rotatable bonds is 3. The first-order chi connectivity index (χ1) is 13.7. The minimum atomic E-state index is -0.301. The summed E-state index contributed by atoms with van der Waals surface area (Å²) in [6, 6.07) is 6.49. The number of anilines is 1. The highest BCUT2D eigenvalue weighted by molar-refractivity contribution is 7.15.